The van der Waals surface area contributed by atoms with Crippen molar-refractivity contribution in [1.29, 1.82) is 0 Å². The lowest BCUT2D eigenvalue weighted by atomic mass is 10.0. The predicted octanol–water partition coefficient (Wildman–Crippen LogP) is 4.25. The van der Waals surface area contributed by atoms with E-state index in [0.29, 0.717) is 5.56 Å². The molecule has 0 atom stereocenters. The van der Waals surface area contributed by atoms with Gasteiger partial charge in [-0.05, 0) is 79.9 Å². The van der Waals surface area contributed by atoms with E-state index < -0.39 is 0 Å². The minimum Gasteiger partial charge on any atom is -0.349 e. The van der Waals surface area contributed by atoms with Crippen LogP contribution >= 0.6 is 15.9 Å². The minimum atomic E-state index is 0.0168. The SMILES string of the molecule is CCCCN1CCC(NC(=O)c2ccc(-n3nc(C)c(Br)c3C)cc2)CC1. The van der Waals surface area contributed by atoms with Crippen LogP contribution in [0.15, 0.2) is 28.7 Å². The Kier molecular flexibility index (Phi) is 6.71. The second kappa shape index (κ2) is 9.02. The van der Waals surface area contributed by atoms with Crippen LogP contribution in [0.25, 0.3) is 5.69 Å². The van der Waals surface area contributed by atoms with Crippen LogP contribution in [0.4, 0.5) is 0 Å². The lowest BCUT2D eigenvalue weighted by Gasteiger charge is -2.32. The van der Waals surface area contributed by atoms with Crippen LogP contribution in [-0.4, -0.2) is 46.3 Å². The van der Waals surface area contributed by atoms with Crippen molar-refractivity contribution in [1.82, 2.24) is 20.0 Å². The molecule has 1 N–H and O–H groups in total. The maximum absolute atomic E-state index is 12.6. The molecule has 1 aliphatic rings. The molecule has 0 saturated carbocycles. The molecule has 1 saturated heterocycles. The molecule has 6 heteroatoms. The fourth-order valence-corrected chi connectivity index (χ4v) is 3.83. The molecule has 2 heterocycles. The number of hydrogen-bond acceptors (Lipinski definition) is 3. The summed E-state index contributed by atoms with van der Waals surface area (Å²) in [7, 11) is 0. The number of piperidine rings is 1. The molecule has 0 spiro atoms. The Labute approximate surface area is 170 Å². The van der Waals surface area contributed by atoms with Crippen molar-refractivity contribution in [2.45, 2.75) is 52.5 Å². The topological polar surface area (TPSA) is 50.2 Å². The number of aryl methyl sites for hydroxylation is 1. The number of hydrogen-bond donors (Lipinski definition) is 1. The lowest BCUT2D eigenvalue weighted by Crippen LogP contribution is -2.44. The first-order valence-corrected chi connectivity index (χ1v) is 10.6. The van der Waals surface area contributed by atoms with E-state index >= 15 is 0 Å². The summed E-state index contributed by atoms with van der Waals surface area (Å²) < 4.78 is 2.92. The first kappa shape index (κ1) is 20.1. The van der Waals surface area contributed by atoms with Crippen molar-refractivity contribution in [2.24, 2.45) is 0 Å². The summed E-state index contributed by atoms with van der Waals surface area (Å²) in [6, 6.07) is 7.95. The fourth-order valence-electron chi connectivity index (χ4n) is 3.58. The van der Waals surface area contributed by atoms with Crippen molar-refractivity contribution in [2.75, 3.05) is 19.6 Å². The summed E-state index contributed by atoms with van der Waals surface area (Å²) in [4.78, 5) is 15.1. The Hall–Kier alpha value is -1.66. The minimum absolute atomic E-state index is 0.0168. The number of halogens is 1. The van der Waals surface area contributed by atoms with Gasteiger partial charge in [-0.15, -0.1) is 0 Å². The van der Waals surface area contributed by atoms with E-state index in [0.717, 1.165) is 47.5 Å². The molecular weight excluding hydrogens is 404 g/mol. The third kappa shape index (κ3) is 4.79. The van der Waals surface area contributed by atoms with E-state index in [1.165, 1.54) is 19.4 Å². The number of benzene rings is 1. The van der Waals surface area contributed by atoms with Crippen LogP contribution in [0.5, 0.6) is 0 Å². The summed E-state index contributed by atoms with van der Waals surface area (Å²) in [6.45, 7) is 9.57. The fraction of sp³-hybridized carbons (Fsp3) is 0.524. The highest BCUT2D eigenvalue weighted by Gasteiger charge is 2.21. The normalized spacial score (nSPS) is 15.9. The van der Waals surface area contributed by atoms with Crippen molar-refractivity contribution >= 4 is 21.8 Å². The highest BCUT2D eigenvalue weighted by Crippen LogP contribution is 2.23. The average molecular weight is 433 g/mol. The molecule has 0 aliphatic carbocycles. The van der Waals surface area contributed by atoms with E-state index in [4.69, 9.17) is 0 Å². The van der Waals surface area contributed by atoms with E-state index in [1.807, 2.05) is 42.8 Å². The third-order valence-corrected chi connectivity index (χ3v) is 6.48. The maximum atomic E-state index is 12.6. The Morgan fingerprint density at radius 2 is 1.89 bits per heavy atom. The number of carbonyl (C=O) groups excluding carboxylic acids is 1. The Morgan fingerprint density at radius 3 is 2.44 bits per heavy atom. The predicted molar refractivity (Wildman–Crippen MR) is 113 cm³/mol. The van der Waals surface area contributed by atoms with Gasteiger partial charge in [-0.1, -0.05) is 13.3 Å². The number of amides is 1. The molecule has 1 fully saturated rings. The number of unbranched alkanes of at least 4 members (excludes halogenated alkanes) is 1. The molecule has 1 aliphatic heterocycles. The van der Waals surface area contributed by atoms with Crippen molar-refractivity contribution in [3.8, 4) is 5.69 Å². The Bertz CT molecular complexity index is 776. The molecule has 0 unspecified atom stereocenters. The molecule has 1 amide bonds. The zero-order valence-electron chi connectivity index (χ0n) is 16.5. The van der Waals surface area contributed by atoms with Gasteiger partial charge in [0.05, 0.1) is 21.5 Å². The van der Waals surface area contributed by atoms with Gasteiger partial charge in [0, 0.05) is 24.7 Å². The van der Waals surface area contributed by atoms with Crippen LogP contribution in [-0.2, 0) is 0 Å². The largest absolute Gasteiger partial charge is 0.349 e. The number of nitrogens with one attached hydrogen (secondary N) is 1. The Balaban J connectivity index is 1.57. The van der Waals surface area contributed by atoms with Gasteiger partial charge in [-0.25, -0.2) is 4.68 Å². The van der Waals surface area contributed by atoms with Gasteiger partial charge in [-0.3, -0.25) is 4.79 Å². The maximum Gasteiger partial charge on any atom is 0.251 e. The van der Waals surface area contributed by atoms with Crippen LogP contribution in [0.1, 0.15) is 54.4 Å². The third-order valence-electron chi connectivity index (χ3n) is 5.33. The zero-order valence-corrected chi connectivity index (χ0v) is 18.1. The molecule has 1 aromatic heterocycles. The molecule has 5 nitrogen and oxygen atoms in total. The highest BCUT2D eigenvalue weighted by molar-refractivity contribution is 9.10. The van der Waals surface area contributed by atoms with Gasteiger partial charge in [0.2, 0.25) is 0 Å². The lowest BCUT2D eigenvalue weighted by molar-refractivity contribution is 0.0911. The van der Waals surface area contributed by atoms with Gasteiger partial charge >= 0.3 is 0 Å². The summed E-state index contributed by atoms with van der Waals surface area (Å²) in [5.74, 6) is 0.0168. The van der Waals surface area contributed by atoms with Gasteiger partial charge in [0.1, 0.15) is 0 Å². The zero-order chi connectivity index (χ0) is 19.4. The number of aromatic nitrogens is 2. The molecule has 27 heavy (non-hydrogen) atoms. The van der Waals surface area contributed by atoms with Gasteiger partial charge in [-0.2, -0.15) is 5.10 Å². The van der Waals surface area contributed by atoms with Crippen molar-refractivity contribution in [3.63, 3.8) is 0 Å². The quantitative estimate of drug-likeness (QED) is 0.741. The van der Waals surface area contributed by atoms with Crippen molar-refractivity contribution in [3.05, 3.63) is 45.7 Å². The molecule has 1 aromatic carbocycles. The summed E-state index contributed by atoms with van der Waals surface area (Å²) >= 11 is 3.56. The van der Waals surface area contributed by atoms with E-state index in [1.54, 1.807) is 0 Å². The summed E-state index contributed by atoms with van der Waals surface area (Å²) in [5, 5.41) is 7.74. The van der Waals surface area contributed by atoms with Crippen LogP contribution in [0.3, 0.4) is 0 Å². The summed E-state index contributed by atoms with van der Waals surface area (Å²) in [6.07, 6.45) is 4.57. The number of nitrogens with zero attached hydrogens (tertiary/aromatic N) is 3. The monoisotopic (exact) mass is 432 g/mol. The molecule has 3 rings (SSSR count). The highest BCUT2D eigenvalue weighted by atomic mass is 79.9. The standard InChI is InChI=1S/C21H29BrN4O/c1-4-5-12-25-13-10-18(11-14-25)23-21(27)17-6-8-19(9-7-17)26-16(3)20(22)15(2)24-26/h6-9,18H,4-5,10-14H2,1-3H3,(H,23,27). The molecule has 146 valence electrons. The second-order valence-corrected chi connectivity index (χ2v) is 8.18. The van der Waals surface area contributed by atoms with E-state index in [9.17, 15) is 4.79 Å². The molecule has 2 aromatic rings. The van der Waals surface area contributed by atoms with Crippen LogP contribution in [0, 0.1) is 13.8 Å². The van der Waals surface area contributed by atoms with Gasteiger partial charge < -0.3 is 10.2 Å². The smallest absolute Gasteiger partial charge is 0.251 e. The second-order valence-electron chi connectivity index (χ2n) is 7.39. The number of carbonyl (C=O) groups is 1. The van der Waals surface area contributed by atoms with E-state index in [2.05, 4.69) is 38.2 Å². The Morgan fingerprint density at radius 1 is 1.22 bits per heavy atom. The first-order chi connectivity index (χ1) is 13.0. The van der Waals surface area contributed by atoms with Gasteiger partial charge in [0.25, 0.3) is 5.91 Å². The van der Waals surface area contributed by atoms with Crippen molar-refractivity contribution < 1.29 is 4.79 Å². The molecule has 0 bridgehead atoms. The number of likely N-dealkylation sites (tertiary alicyclic amines) is 1. The molecular formula is C21H29BrN4O. The van der Waals surface area contributed by atoms with E-state index in [-0.39, 0.29) is 11.9 Å². The summed E-state index contributed by atoms with van der Waals surface area (Å²) in [5.41, 5.74) is 3.67. The first-order valence-electron chi connectivity index (χ1n) is 9.85. The number of rotatable bonds is 6. The molecule has 0 radical (unpaired) electrons. The average Bonchev–Trinajstić information content (AvgIpc) is 2.95. The van der Waals surface area contributed by atoms with Crippen LogP contribution in [0.2, 0.25) is 0 Å². The van der Waals surface area contributed by atoms with Gasteiger partial charge in [0.15, 0.2) is 0 Å². The van der Waals surface area contributed by atoms with Crippen LogP contribution < -0.4 is 5.32 Å².